The van der Waals surface area contributed by atoms with Gasteiger partial charge in [0, 0.05) is 22.7 Å². The highest BCUT2D eigenvalue weighted by atomic mass is 16.1. The number of rotatable bonds is 0. The molecule has 0 spiro atoms. The molecule has 3 N–H and O–H groups in total. The first kappa shape index (κ1) is 11.3. The quantitative estimate of drug-likeness (QED) is 0.647. The number of fused-ring (bicyclic) bond motifs is 1. The van der Waals surface area contributed by atoms with Crippen molar-refractivity contribution < 1.29 is 0 Å². The van der Waals surface area contributed by atoms with Gasteiger partial charge in [-0.2, -0.15) is 0 Å². The van der Waals surface area contributed by atoms with Crippen LogP contribution in [-0.4, -0.2) is 4.98 Å². The molecule has 0 saturated heterocycles. The molecule has 0 unspecified atom stereocenters. The fourth-order valence-electron chi connectivity index (χ4n) is 1.33. The van der Waals surface area contributed by atoms with Gasteiger partial charge in [-0.25, -0.2) is 0 Å². The third-order valence-corrected chi connectivity index (χ3v) is 2.11. The minimum Gasteiger partial charge on any atom is -0.398 e. The summed E-state index contributed by atoms with van der Waals surface area (Å²) in [4.78, 5) is 13.7. The molecule has 2 aromatic rings. The van der Waals surface area contributed by atoms with E-state index in [2.05, 4.69) is 4.98 Å². The highest BCUT2D eigenvalue weighted by Crippen LogP contribution is 2.17. The van der Waals surface area contributed by atoms with Gasteiger partial charge in [-0.3, -0.25) is 4.79 Å². The number of anilines is 1. The average molecular weight is 204 g/mol. The normalized spacial score (nSPS) is 9.53. The van der Waals surface area contributed by atoms with Crippen LogP contribution in [0.5, 0.6) is 0 Å². The molecule has 1 aromatic carbocycles. The average Bonchev–Trinajstić information content (AvgIpc) is 2.23. The van der Waals surface area contributed by atoms with E-state index in [0.29, 0.717) is 0 Å². The zero-order chi connectivity index (χ0) is 11.4. The van der Waals surface area contributed by atoms with Crippen molar-refractivity contribution in [3.63, 3.8) is 0 Å². The molecular formula is C12H16N2O. The van der Waals surface area contributed by atoms with Crippen LogP contribution in [0.3, 0.4) is 0 Å². The third-order valence-electron chi connectivity index (χ3n) is 2.11. The lowest BCUT2D eigenvalue weighted by Crippen LogP contribution is -2.03. The highest BCUT2D eigenvalue weighted by molar-refractivity contribution is 5.83. The molecule has 80 valence electrons. The molecule has 0 fully saturated rings. The Morgan fingerprint density at radius 3 is 2.53 bits per heavy atom. The second-order valence-corrected chi connectivity index (χ2v) is 3.12. The fraction of sp³-hybridized carbons (Fsp3) is 0.250. The van der Waals surface area contributed by atoms with Crippen molar-refractivity contribution in [1.29, 1.82) is 0 Å². The zero-order valence-electron chi connectivity index (χ0n) is 9.29. The Balaban J connectivity index is 0.000000531. The lowest BCUT2D eigenvalue weighted by Gasteiger charge is -2.02. The summed E-state index contributed by atoms with van der Waals surface area (Å²) in [6, 6.07) is 7.01. The Labute approximate surface area is 88.9 Å². The molecule has 0 aliphatic carbocycles. The summed E-state index contributed by atoms with van der Waals surface area (Å²) in [6.45, 7) is 5.92. The number of aromatic nitrogens is 1. The lowest BCUT2D eigenvalue weighted by atomic mass is 10.1. The molecular weight excluding hydrogens is 188 g/mol. The van der Waals surface area contributed by atoms with Crippen molar-refractivity contribution in [1.82, 2.24) is 4.98 Å². The first-order valence-corrected chi connectivity index (χ1v) is 5.06. The standard InChI is InChI=1S/C10H10N2O.C2H6/c1-6-4-9-7(5-8(6)11)2-3-10(13)12-9;1-2/h2-5H,11H2,1H3,(H,12,13);1-2H3. The van der Waals surface area contributed by atoms with Gasteiger partial charge in [-0.1, -0.05) is 13.8 Å². The molecule has 1 aromatic heterocycles. The van der Waals surface area contributed by atoms with Gasteiger partial charge in [0.2, 0.25) is 5.56 Å². The van der Waals surface area contributed by atoms with E-state index in [1.807, 2.05) is 32.9 Å². The van der Waals surface area contributed by atoms with E-state index in [1.54, 1.807) is 6.07 Å². The van der Waals surface area contributed by atoms with Crippen LogP contribution >= 0.6 is 0 Å². The largest absolute Gasteiger partial charge is 0.398 e. The van der Waals surface area contributed by atoms with E-state index in [0.717, 1.165) is 22.2 Å². The second-order valence-electron chi connectivity index (χ2n) is 3.12. The number of nitrogens with one attached hydrogen (secondary N) is 1. The predicted molar refractivity (Wildman–Crippen MR) is 65.1 cm³/mol. The molecule has 0 radical (unpaired) electrons. The van der Waals surface area contributed by atoms with E-state index < -0.39 is 0 Å². The van der Waals surface area contributed by atoms with Crippen molar-refractivity contribution in [2.45, 2.75) is 20.8 Å². The van der Waals surface area contributed by atoms with E-state index >= 15 is 0 Å². The monoisotopic (exact) mass is 204 g/mol. The van der Waals surface area contributed by atoms with Gasteiger partial charge in [0.1, 0.15) is 0 Å². The molecule has 0 bridgehead atoms. The molecule has 15 heavy (non-hydrogen) atoms. The maximum absolute atomic E-state index is 11.0. The number of aromatic amines is 1. The summed E-state index contributed by atoms with van der Waals surface area (Å²) in [7, 11) is 0. The summed E-state index contributed by atoms with van der Waals surface area (Å²) >= 11 is 0. The maximum atomic E-state index is 11.0. The van der Waals surface area contributed by atoms with Crippen LogP contribution in [0.2, 0.25) is 0 Å². The minimum absolute atomic E-state index is 0.0864. The van der Waals surface area contributed by atoms with Crippen molar-refractivity contribution >= 4 is 16.6 Å². The van der Waals surface area contributed by atoms with Crippen LogP contribution in [0.1, 0.15) is 19.4 Å². The summed E-state index contributed by atoms with van der Waals surface area (Å²) in [6.07, 6.45) is 0. The minimum atomic E-state index is -0.0864. The number of benzene rings is 1. The molecule has 3 nitrogen and oxygen atoms in total. The number of nitrogen functional groups attached to an aromatic ring is 1. The van der Waals surface area contributed by atoms with E-state index in [-0.39, 0.29) is 5.56 Å². The van der Waals surface area contributed by atoms with Crippen LogP contribution in [0, 0.1) is 6.92 Å². The molecule has 2 rings (SSSR count). The summed E-state index contributed by atoms with van der Waals surface area (Å²) in [5.74, 6) is 0. The molecule has 0 aliphatic rings. The van der Waals surface area contributed by atoms with Gasteiger partial charge in [0.25, 0.3) is 0 Å². The SMILES string of the molecule is CC.Cc1cc2[nH]c(=O)ccc2cc1N. The van der Waals surface area contributed by atoms with Crippen LogP contribution in [0.25, 0.3) is 10.9 Å². The van der Waals surface area contributed by atoms with Crippen LogP contribution in [-0.2, 0) is 0 Å². The van der Waals surface area contributed by atoms with Gasteiger partial charge in [0.15, 0.2) is 0 Å². The van der Waals surface area contributed by atoms with Crippen molar-refractivity contribution in [3.8, 4) is 0 Å². The Morgan fingerprint density at radius 2 is 1.87 bits per heavy atom. The Kier molecular flexibility index (Phi) is 3.50. The first-order valence-electron chi connectivity index (χ1n) is 5.06. The van der Waals surface area contributed by atoms with Crippen molar-refractivity contribution in [2.75, 3.05) is 5.73 Å². The van der Waals surface area contributed by atoms with E-state index in [1.165, 1.54) is 6.07 Å². The Bertz CT molecular complexity index is 515. The van der Waals surface area contributed by atoms with Crippen molar-refractivity contribution in [3.05, 3.63) is 40.2 Å². The number of aryl methyl sites for hydroxylation is 1. The molecule has 0 aliphatic heterocycles. The number of hydrogen-bond donors (Lipinski definition) is 2. The number of nitrogens with two attached hydrogens (primary N) is 1. The highest BCUT2D eigenvalue weighted by Gasteiger charge is 1.98. The number of hydrogen-bond acceptors (Lipinski definition) is 2. The Morgan fingerprint density at radius 1 is 1.20 bits per heavy atom. The topological polar surface area (TPSA) is 58.9 Å². The van der Waals surface area contributed by atoms with E-state index in [4.69, 9.17) is 5.73 Å². The first-order chi connectivity index (χ1) is 7.16. The molecule has 0 saturated carbocycles. The zero-order valence-corrected chi connectivity index (χ0v) is 9.29. The lowest BCUT2D eigenvalue weighted by molar-refractivity contribution is 1.30. The van der Waals surface area contributed by atoms with E-state index in [9.17, 15) is 4.79 Å². The van der Waals surface area contributed by atoms with Crippen LogP contribution in [0.4, 0.5) is 5.69 Å². The molecule has 1 heterocycles. The van der Waals surface area contributed by atoms with Gasteiger partial charge < -0.3 is 10.7 Å². The summed E-state index contributed by atoms with van der Waals surface area (Å²) in [5.41, 5.74) is 8.21. The Hall–Kier alpha value is -1.77. The van der Waals surface area contributed by atoms with Gasteiger partial charge in [-0.15, -0.1) is 0 Å². The fourth-order valence-corrected chi connectivity index (χ4v) is 1.33. The van der Waals surface area contributed by atoms with Crippen molar-refractivity contribution in [2.24, 2.45) is 0 Å². The molecule has 0 atom stereocenters. The molecule has 3 heteroatoms. The van der Waals surface area contributed by atoms with Crippen LogP contribution in [0.15, 0.2) is 29.1 Å². The van der Waals surface area contributed by atoms with Gasteiger partial charge in [-0.05, 0) is 30.7 Å². The maximum Gasteiger partial charge on any atom is 0.248 e. The van der Waals surface area contributed by atoms with Gasteiger partial charge >= 0.3 is 0 Å². The predicted octanol–water partition coefficient (Wildman–Crippen LogP) is 2.44. The molecule has 0 amide bonds. The summed E-state index contributed by atoms with van der Waals surface area (Å²) in [5, 5.41) is 0.961. The smallest absolute Gasteiger partial charge is 0.248 e. The number of H-pyrrole nitrogens is 1. The third kappa shape index (κ3) is 2.37. The van der Waals surface area contributed by atoms with Crippen LogP contribution < -0.4 is 11.3 Å². The van der Waals surface area contributed by atoms with Gasteiger partial charge in [0.05, 0.1) is 0 Å². The second kappa shape index (κ2) is 4.64. The number of pyridine rings is 1. The summed E-state index contributed by atoms with van der Waals surface area (Å²) < 4.78 is 0.